The zero-order chi connectivity index (χ0) is 12.1. The number of halogens is 1. The van der Waals surface area contributed by atoms with Gasteiger partial charge in [-0.25, -0.2) is 9.78 Å². The van der Waals surface area contributed by atoms with Gasteiger partial charge >= 0.3 is 5.97 Å². The summed E-state index contributed by atoms with van der Waals surface area (Å²) in [5.41, 5.74) is 1.29. The first kappa shape index (κ1) is 12.2. The summed E-state index contributed by atoms with van der Waals surface area (Å²) in [4.78, 5) is 15.1. The van der Waals surface area contributed by atoms with Gasteiger partial charge in [-0.2, -0.15) is 5.26 Å². The fourth-order valence-electron chi connectivity index (χ4n) is 1.08. The van der Waals surface area contributed by atoms with Gasteiger partial charge in [0.15, 0.2) is 0 Å². The van der Waals surface area contributed by atoms with Crippen LogP contribution in [0.5, 0.6) is 0 Å². The highest BCUT2D eigenvalue weighted by atomic mass is 35.5. The van der Waals surface area contributed by atoms with Crippen molar-refractivity contribution in [3.63, 3.8) is 0 Å². The minimum Gasteiger partial charge on any atom is -0.465 e. The highest BCUT2D eigenvalue weighted by Crippen LogP contribution is 2.17. The lowest BCUT2D eigenvalue weighted by atomic mass is 10.1. The second-order valence-electron chi connectivity index (χ2n) is 3.05. The van der Waals surface area contributed by atoms with Gasteiger partial charge in [0.05, 0.1) is 7.11 Å². The van der Waals surface area contributed by atoms with Gasteiger partial charge < -0.3 is 4.74 Å². The molecule has 0 unspecified atom stereocenters. The van der Waals surface area contributed by atoms with E-state index in [0.717, 1.165) is 5.56 Å². The quantitative estimate of drug-likeness (QED) is 0.342. The summed E-state index contributed by atoms with van der Waals surface area (Å²) in [5.74, 6) is -0.694. The summed E-state index contributed by atoms with van der Waals surface area (Å²) < 4.78 is 4.45. The van der Waals surface area contributed by atoms with E-state index in [1.807, 2.05) is 6.92 Å². The lowest BCUT2D eigenvalue weighted by molar-refractivity contribution is -0.135. The van der Waals surface area contributed by atoms with E-state index in [9.17, 15) is 4.79 Å². The minimum atomic E-state index is -0.694. The third kappa shape index (κ3) is 2.81. The first-order chi connectivity index (χ1) is 7.58. The Balaban J connectivity index is 3.19. The van der Waals surface area contributed by atoms with E-state index in [0.29, 0.717) is 5.56 Å². The van der Waals surface area contributed by atoms with Gasteiger partial charge in [0.2, 0.25) is 0 Å². The average molecular weight is 237 g/mol. The number of carbonyl (C=O) groups is 1. The number of nitriles is 1. The maximum absolute atomic E-state index is 11.2. The molecule has 0 aliphatic carbocycles. The molecular weight excluding hydrogens is 228 g/mol. The molecule has 0 spiro atoms. The molecule has 0 saturated carbocycles. The van der Waals surface area contributed by atoms with Gasteiger partial charge in [0, 0.05) is 11.8 Å². The lowest BCUT2D eigenvalue weighted by Crippen LogP contribution is -2.02. The van der Waals surface area contributed by atoms with Gasteiger partial charge in [0.25, 0.3) is 0 Å². The smallest absolute Gasteiger partial charge is 0.348 e. The Hall–Kier alpha value is -1.86. The molecule has 4 nitrogen and oxygen atoms in total. The number of hydrogen-bond donors (Lipinski definition) is 0. The standard InChI is InChI=1S/C11H9ClN2O2/c1-7-3-8(10(12)14-6-7)4-9(5-13)11(15)16-2/h3-4,6H,1-2H3/b9-4+. The van der Waals surface area contributed by atoms with Crippen molar-refractivity contribution in [2.24, 2.45) is 0 Å². The van der Waals surface area contributed by atoms with Crippen molar-refractivity contribution in [2.75, 3.05) is 7.11 Å². The molecule has 0 aliphatic rings. The van der Waals surface area contributed by atoms with Gasteiger partial charge in [-0.1, -0.05) is 11.6 Å². The van der Waals surface area contributed by atoms with Crippen LogP contribution in [0.1, 0.15) is 11.1 Å². The maximum Gasteiger partial charge on any atom is 0.348 e. The lowest BCUT2D eigenvalue weighted by Gasteiger charge is -2.00. The molecular formula is C11H9ClN2O2. The monoisotopic (exact) mass is 236 g/mol. The van der Waals surface area contributed by atoms with Crippen LogP contribution >= 0.6 is 11.6 Å². The van der Waals surface area contributed by atoms with Crippen molar-refractivity contribution in [3.8, 4) is 6.07 Å². The number of ether oxygens (including phenoxy) is 1. The SMILES string of the molecule is COC(=O)/C(C#N)=C/c1cc(C)cnc1Cl. The highest BCUT2D eigenvalue weighted by Gasteiger charge is 2.10. The first-order valence-electron chi connectivity index (χ1n) is 4.40. The van der Waals surface area contributed by atoms with Crippen molar-refractivity contribution in [1.29, 1.82) is 5.26 Å². The number of rotatable bonds is 2. The van der Waals surface area contributed by atoms with Gasteiger partial charge in [-0.05, 0) is 24.6 Å². The van der Waals surface area contributed by atoms with Crippen LogP contribution in [0, 0.1) is 18.3 Å². The zero-order valence-corrected chi connectivity index (χ0v) is 9.58. The molecule has 0 atom stereocenters. The third-order valence-corrected chi connectivity index (χ3v) is 2.14. The van der Waals surface area contributed by atoms with Crippen LogP contribution < -0.4 is 0 Å². The van der Waals surface area contributed by atoms with E-state index in [-0.39, 0.29) is 10.7 Å². The van der Waals surface area contributed by atoms with Crippen LogP contribution in [-0.2, 0) is 9.53 Å². The topological polar surface area (TPSA) is 63.0 Å². The number of hydrogen-bond acceptors (Lipinski definition) is 4. The minimum absolute atomic E-state index is 0.114. The van der Waals surface area contributed by atoms with Crippen molar-refractivity contribution >= 4 is 23.6 Å². The maximum atomic E-state index is 11.2. The van der Waals surface area contributed by atoms with Crippen molar-refractivity contribution < 1.29 is 9.53 Å². The fraction of sp³-hybridized carbons (Fsp3) is 0.182. The fourth-order valence-corrected chi connectivity index (χ4v) is 1.24. The van der Waals surface area contributed by atoms with Crippen molar-refractivity contribution in [2.45, 2.75) is 6.92 Å². The van der Waals surface area contributed by atoms with Gasteiger partial charge in [-0.3, -0.25) is 0 Å². The van der Waals surface area contributed by atoms with Crippen molar-refractivity contribution in [1.82, 2.24) is 4.98 Å². The second kappa shape index (κ2) is 5.29. The summed E-state index contributed by atoms with van der Waals surface area (Å²) in [5, 5.41) is 9.00. The largest absolute Gasteiger partial charge is 0.465 e. The molecule has 0 radical (unpaired) electrons. The van der Waals surface area contributed by atoms with E-state index in [1.54, 1.807) is 18.3 Å². The van der Waals surface area contributed by atoms with Crippen LogP contribution in [0.15, 0.2) is 17.8 Å². The number of methoxy groups -OCH3 is 1. The Morgan fingerprint density at radius 1 is 1.69 bits per heavy atom. The van der Waals surface area contributed by atoms with Crippen LogP contribution in [-0.4, -0.2) is 18.1 Å². The van der Waals surface area contributed by atoms with Crippen molar-refractivity contribution in [3.05, 3.63) is 34.1 Å². The molecule has 1 aromatic rings. The second-order valence-corrected chi connectivity index (χ2v) is 3.41. The number of pyridine rings is 1. The number of nitrogens with zero attached hydrogens (tertiary/aromatic N) is 2. The molecule has 0 aliphatic heterocycles. The molecule has 16 heavy (non-hydrogen) atoms. The van der Waals surface area contributed by atoms with Gasteiger partial charge in [-0.15, -0.1) is 0 Å². The third-order valence-electron chi connectivity index (χ3n) is 1.83. The molecule has 0 bridgehead atoms. The number of aryl methyl sites for hydroxylation is 1. The van der Waals surface area contributed by atoms with E-state index < -0.39 is 5.97 Å². The number of carbonyl (C=O) groups excluding carboxylic acids is 1. The van der Waals surface area contributed by atoms with E-state index in [1.165, 1.54) is 13.2 Å². The Kier molecular flexibility index (Phi) is 4.03. The molecule has 0 amide bonds. The average Bonchev–Trinajstić information content (AvgIpc) is 2.29. The molecule has 0 fully saturated rings. The predicted octanol–water partition coefficient (Wildman–Crippen LogP) is 2.12. The van der Waals surface area contributed by atoms with Crippen LogP contribution in [0.2, 0.25) is 5.15 Å². The van der Waals surface area contributed by atoms with Crippen LogP contribution in [0.4, 0.5) is 0 Å². The van der Waals surface area contributed by atoms with E-state index in [4.69, 9.17) is 16.9 Å². The molecule has 0 saturated heterocycles. The normalized spacial score (nSPS) is 10.8. The molecule has 82 valence electrons. The molecule has 5 heteroatoms. The van der Waals surface area contributed by atoms with Gasteiger partial charge in [0.1, 0.15) is 16.8 Å². The Bertz CT molecular complexity index is 489. The van der Waals surface area contributed by atoms with Crippen LogP contribution in [0.3, 0.4) is 0 Å². The number of esters is 1. The zero-order valence-electron chi connectivity index (χ0n) is 8.82. The van der Waals surface area contributed by atoms with E-state index >= 15 is 0 Å². The molecule has 0 aromatic carbocycles. The Labute approximate surface area is 98.1 Å². The Morgan fingerprint density at radius 2 is 2.38 bits per heavy atom. The highest BCUT2D eigenvalue weighted by molar-refractivity contribution is 6.31. The number of aromatic nitrogens is 1. The summed E-state index contributed by atoms with van der Waals surface area (Å²) >= 11 is 5.83. The molecule has 1 rings (SSSR count). The molecule has 1 aromatic heterocycles. The Morgan fingerprint density at radius 3 is 2.94 bits per heavy atom. The summed E-state index contributed by atoms with van der Waals surface area (Å²) in [6.07, 6.45) is 2.96. The summed E-state index contributed by atoms with van der Waals surface area (Å²) in [7, 11) is 1.21. The first-order valence-corrected chi connectivity index (χ1v) is 4.78. The summed E-state index contributed by atoms with van der Waals surface area (Å²) in [6.45, 7) is 1.84. The van der Waals surface area contributed by atoms with E-state index in [2.05, 4.69) is 9.72 Å². The molecule has 0 N–H and O–H groups in total. The predicted molar refractivity (Wildman–Crippen MR) is 59.6 cm³/mol. The van der Waals surface area contributed by atoms with Crippen LogP contribution in [0.25, 0.3) is 6.08 Å². The molecule has 1 heterocycles. The summed E-state index contributed by atoms with van der Waals surface area (Å²) in [6, 6.07) is 3.48.